The number of nitrogens with two attached hydrogens (primary N) is 1. The first kappa shape index (κ1) is 16.3. The molecule has 5 nitrogen and oxygen atoms in total. The van der Waals surface area contributed by atoms with Gasteiger partial charge in [0.05, 0.1) is 6.61 Å². The van der Waals surface area contributed by atoms with Gasteiger partial charge in [0, 0.05) is 12.3 Å². The van der Waals surface area contributed by atoms with Crippen molar-refractivity contribution in [3.05, 3.63) is 24.3 Å². The highest BCUT2D eigenvalue weighted by atomic mass is 16.6. The standard InChI is InChI=1S/C15H23NO4/c1-12(2)7-8-18-9-10-19-15(17)11-20-14-5-3-13(16)4-6-14/h3-6,12H,7-11,16H2,1-2H3. The maximum Gasteiger partial charge on any atom is 0.344 e. The lowest BCUT2D eigenvalue weighted by Gasteiger charge is -2.08. The molecule has 5 heteroatoms. The van der Waals surface area contributed by atoms with Crippen molar-refractivity contribution in [1.29, 1.82) is 0 Å². The number of esters is 1. The van der Waals surface area contributed by atoms with Crippen molar-refractivity contribution in [1.82, 2.24) is 0 Å². The molecule has 0 fully saturated rings. The highest BCUT2D eigenvalue weighted by molar-refractivity contribution is 5.71. The van der Waals surface area contributed by atoms with Crippen LogP contribution in [0.1, 0.15) is 20.3 Å². The van der Waals surface area contributed by atoms with Gasteiger partial charge in [-0.15, -0.1) is 0 Å². The maximum absolute atomic E-state index is 11.4. The van der Waals surface area contributed by atoms with E-state index in [4.69, 9.17) is 19.9 Å². The van der Waals surface area contributed by atoms with Crippen molar-refractivity contribution in [3.8, 4) is 5.75 Å². The third-order valence-electron chi connectivity index (χ3n) is 2.57. The van der Waals surface area contributed by atoms with Crippen LogP contribution in [0.15, 0.2) is 24.3 Å². The zero-order chi connectivity index (χ0) is 14.8. The van der Waals surface area contributed by atoms with Crippen LogP contribution in [0.4, 0.5) is 5.69 Å². The van der Waals surface area contributed by atoms with Gasteiger partial charge >= 0.3 is 5.97 Å². The van der Waals surface area contributed by atoms with Crippen LogP contribution in [-0.4, -0.2) is 32.4 Å². The zero-order valence-corrected chi connectivity index (χ0v) is 12.1. The van der Waals surface area contributed by atoms with E-state index in [-0.39, 0.29) is 13.2 Å². The molecule has 0 aromatic heterocycles. The molecule has 0 amide bonds. The number of benzene rings is 1. The number of hydrogen-bond acceptors (Lipinski definition) is 5. The van der Waals surface area contributed by atoms with Gasteiger partial charge in [0.25, 0.3) is 0 Å². The van der Waals surface area contributed by atoms with Gasteiger partial charge in [0.2, 0.25) is 0 Å². The highest BCUT2D eigenvalue weighted by Gasteiger charge is 2.04. The van der Waals surface area contributed by atoms with Crippen molar-refractivity contribution in [3.63, 3.8) is 0 Å². The van der Waals surface area contributed by atoms with E-state index < -0.39 is 5.97 Å². The van der Waals surface area contributed by atoms with E-state index in [1.807, 2.05) is 0 Å². The Kier molecular flexibility index (Phi) is 7.50. The van der Waals surface area contributed by atoms with E-state index in [1.54, 1.807) is 24.3 Å². The van der Waals surface area contributed by atoms with Crippen LogP contribution in [0, 0.1) is 5.92 Å². The molecule has 0 atom stereocenters. The molecular formula is C15H23NO4. The molecule has 0 radical (unpaired) electrons. The molecule has 0 heterocycles. The third-order valence-corrected chi connectivity index (χ3v) is 2.57. The lowest BCUT2D eigenvalue weighted by Crippen LogP contribution is -2.17. The second-order valence-corrected chi connectivity index (χ2v) is 4.87. The molecule has 1 rings (SSSR count). The van der Waals surface area contributed by atoms with E-state index in [1.165, 1.54) is 0 Å². The Morgan fingerprint density at radius 1 is 1.15 bits per heavy atom. The Morgan fingerprint density at radius 3 is 2.50 bits per heavy atom. The topological polar surface area (TPSA) is 70.8 Å². The molecule has 0 aliphatic heterocycles. The first-order valence-corrected chi connectivity index (χ1v) is 6.79. The van der Waals surface area contributed by atoms with Crippen molar-refractivity contribution >= 4 is 11.7 Å². The van der Waals surface area contributed by atoms with Gasteiger partial charge < -0.3 is 19.9 Å². The molecule has 0 saturated heterocycles. The largest absolute Gasteiger partial charge is 0.482 e. The average Bonchev–Trinajstić information content (AvgIpc) is 2.41. The van der Waals surface area contributed by atoms with Gasteiger partial charge in [0.15, 0.2) is 6.61 Å². The number of hydrogen-bond donors (Lipinski definition) is 1. The molecule has 0 spiro atoms. The Labute approximate surface area is 120 Å². The summed E-state index contributed by atoms with van der Waals surface area (Å²) in [6.07, 6.45) is 1.01. The highest BCUT2D eigenvalue weighted by Crippen LogP contribution is 2.12. The van der Waals surface area contributed by atoms with Crippen LogP contribution in [0.25, 0.3) is 0 Å². The third kappa shape index (κ3) is 7.63. The molecule has 0 bridgehead atoms. The number of anilines is 1. The molecule has 20 heavy (non-hydrogen) atoms. The first-order valence-electron chi connectivity index (χ1n) is 6.79. The minimum absolute atomic E-state index is 0.115. The van der Waals surface area contributed by atoms with Gasteiger partial charge in [0.1, 0.15) is 12.4 Å². The Hall–Kier alpha value is -1.75. The fourth-order valence-corrected chi connectivity index (χ4v) is 1.38. The van der Waals surface area contributed by atoms with Crippen LogP contribution < -0.4 is 10.5 Å². The summed E-state index contributed by atoms with van der Waals surface area (Å²) in [5.74, 6) is 0.796. The number of carbonyl (C=O) groups excluding carboxylic acids is 1. The summed E-state index contributed by atoms with van der Waals surface area (Å²) in [6, 6.07) is 6.84. The molecule has 112 valence electrons. The van der Waals surface area contributed by atoms with Crippen LogP contribution >= 0.6 is 0 Å². The minimum Gasteiger partial charge on any atom is -0.482 e. The Balaban J connectivity index is 2.04. The Morgan fingerprint density at radius 2 is 1.85 bits per heavy atom. The first-order chi connectivity index (χ1) is 9.58. The van der Waals surface area contributed by atoms with Crippen LogP contribution in [-0.2, 0) is 14.3 Å². The van der Waals surface area contributed by atoms with E-state index in [0.717, 1.165) is 6.42 Å². The number of carbonyl (C=O) groups is 1. The van der Waals surface area contributed by atoms with E-state index >= 15 is 0 Å². The van der Waals surface area contributed by atoms with Crippen LogP contribution in [0.3, 0.4) is 0 Å². The smallest absolute Gasteiger partial charge is 0.344 e. The van der Waals surface area contributed by atoms with Gasteiger partial charge in [-0.05, 0) is 36.6 Å². The Bertz CT molecular complexity index is 389. The normalized spacial score (nSPS) is 10.6. The molecule has 2 N–H and O–H groups in total. The maximum atomic E-state index is 11.4. The van der Waals surface area contributed by atoms with Crippen LogP contribution in [0.2, 0.25) is 0 Å². The summed E-state index contributed by atoms with van der Waals surface area (Å²) >= 11 is 0. The molecule has 0 aliphatic carbocycles. The lowest BCUT2D eigenvalue weighted by molar-refractivity contribution is -0.147. The fraction of sp³-hybridized carbons (Fsp3) is 0.533. The van der Waals surface area contributed by atoms with Gasteiger partial charge in [-0.25, -0.2) is 4.79 Å². The number of nitrogen functional groups attached to an aromatic ring is 1. The van der Waals surface area contributed by atoms with Crippen LogP contribution in [0.5, 0.6) is 5.75 Å². The lowest BCUT2D eigenvalue weighted by atomic mass is 10.1. The molecule has 0 saturated carbocycles. The van der Waals surface area contributed by atoms with E-state index in [0.29, 0.717) is 30.6 Å². The monoisotopic (exact) mass is 281 g/mol. The second kappa shape index (κ2) is 9.20. The SMILES string of the molecule is CC(C)CCOCCOC(=O)COc1ccc(N)cc1. The van der Waals surface area contributed by atoms with Crippen molar-refractivity contribution < 1.29 is 19.0 Å². The van der Waals surface area contributed by atoms with Crippen molar-refractivity contribution in [2.24, 2.45) is 5.92 Å². The van der Waals surface area contributed by atoms with Gasteiger partial charge in [-0.3, -0.25) is 0 Å². The summed E-state index contributed by atoms with van der Waals surface area (Å²) < 4.78 is 15.6. The van der Waals surface area contributed by atoms with E-state index in [9.17, 15) is 4.79 Å². The van der Waals surface area contributed by atoms with Crippen molar-refractivity contribution in [2.45, 2.75) is 20.3 Å². The molecule has 0 unspecified atom stereocenters. The van der Waals surface area contributed by atoms with Gasteiger partial charge in [-0.1, -0.05) is 13.8 Å². The predicted octanol–water partition coefficient (Wildman–Crippen LogP) is 2.25. The van der Waals surface area contributed by atoms with Crippen molar-refractivity contribution in [2.75, 3.05) is 32.2 Å². The molecule has 1 aromatic carbocycles. The van der Waals surface area contributed by atoms with E-state index in [2.05, 4.69) is 13.8 Å². The summed E-state index contributed by atoms with van der Waals surface area (Å²) in [6.45, 7) is 5.52. The van der Waals surface area contributed by atoms with Gasteiger partial charge in [-0.2, -0.15) is 0 Å². The fourth-order valence-electron chi connectivity index (χ4n) is 1.38. The average molecular weight is 281 g/mol. The quantitative estimate of drug-likeness (QED) is 0.427. The minimum atomic E-state index is -0.408. The summed E-state index contributed by atoms with van der Waals surface area (Å²) in [5.41, 5.74) is 6.20. The summed E-state index contributed by atoms with van der Waals surface area (Å²) in [4.78, 5) is 11.4. The summed E-state index contributed by atoms with van der Waals surface area (Å²) in [5, 5.41) is 0. The predicted molar refractivity (Wildman–Crippen MR) is 77.6 cm³/mol. The second-order valence-electron chi connectivity index (χ2n) is 4.87. The summed E-state index contributed by atoms with van der Waals surface area (Å²) in [7, 11) is 0. The number of rotatable bonds is 9. The zero-order valence-electron chi connectivity index (χ0n) is 12.1. The molecule has 1 aromatic rings. The molecular weight excluding hydrogens is 258 g/mol. The number of ether oxygens (including phenoxy) is 3. The molecule has 0 aliphatic rings.